The van der Waals surface area contributed by atoms with E-state index < -0.39 is 0 Å². The molecule has 1 fully saturated rings. The van der Waals surface area contributed by atoms with Crippen LogP contribution in [0.2, 0.25) is 0 Å². The number of benzene rings is 2. The van der Waals surface area contributed by atoms with Crippen LogP contribution in [0.25, 0.3) is 11.1 Å². The molecule has 0 bridgehead atoms. The zero-order valence-electron chi connectivity index (χ0n) is 10.8. The molecule has 1 N–H and O–H groups in total. The Labute approximate surface area is 113 Å². The van der Waals surface area contributed by atoms with E-state index in [2.05, 4.69) is 53.8 Å². The highest BCUT2D eigenvalue weighted by molar-refractivity contribution is 5.69. The van der Waals surface area contributed by atoms with E-state index in [-0.39, 0.29) is 0 Å². The van der Waals surface area contributed by atoms with E-state index in [1.165, 1.54) is 22.3 Å². The van der Waals surface area contributed by atoms with Gasteiger partial charge >= 0.3 is 0 Å². The van der Waals surface area contributed by atoms with Crippen LogP contribution in [0.15, 0.2) is 48.5 Å². The van der Waals surface area contributed by atoms with Gasteiger partial charge in [0.05, 0.1) is 12.7 Å². The monoisotopic (exact) mass is 251 g/mol. The molecule has 19 heavy (non-hydrogen) atoms. The van der Waals surface area contributed by atoms with Crippen LogP contribution < -0.4 is 5.32 Å². The lowest BCUT2D eigenvalue weighted by Crippen LogP contribution is -2.27. The van der Waals surface area contributed by atoms with Gasteiger partial charge in [0.1, 0.15) is 0 Å². The first kappa shape index (κ1) is 11.2. The van der Waals surface area contributed by atoms with Gasteiger partial charge in [-0.2, -0.15) is 0 Å². The number of rotatable bonds is 1. The largest absolute Gasteiger partial charge is 0.371 e. The van der Waals surface area contributed by atoms with Gasteiger partial charge in [0.2, 0.25) is 0 Å². The number of hydrogen-bond acceptors (Lipinski definition) is 2. The van der Waals surface area contributed by atoms with E-state index in [0.29, 0.717) is 12.0 Å². The van der Waals surface area contributed by atoms with Crippen LogP contribution in [-0.2, 0) is 11.3 Å². The average Bonchev–Trinajstić information content (AvgIpc) is 2.96. The maximum absolute atomic E-state index is 6.03. The van der Waals surface area contributed by atoms with Crippen molar-refractivity contribution in [1.29, 1.82) is 0 Å². The lowest BCUT2D eigenvalue weighted by Gasteiger charge is -2.29. The standard InChI is InChI=1S/C17H17NO/c1-2-5-12(6-3-1)13-7-4-8-14-15-9-18-10-17(15)19-11-16(13)14/h1-8,15,17-18H,9-11H2. The molecule has 2 aromatic carbocycles. The van der Waals surface area contributed by atoms with Gasteiger partial charge in [0.25, 0.3) is 0 Å². The van der Waals surface area contributed by atoms with Gasteiger partial charge in [0, 0.05) is 19.0 Å². The molecule has 2 heterocycles. The Balaban J connectivity index is 1.85. The summed E-state index contributed by atoms with van der Waals surface area (Å²) < 4.78 is 6.03. The van der Waals surface area contributed by atoms with Gasteiger partial charge < -0.3 is 10.1 Å². The van der Waals surface area contributed by atoms with Gasteiger partial charge in [-0.05, 0) is 22.3 Å². The van der Waals surface area contributed by atoms with Crippen molar-refractivity contribution in [3.63, 3.8) is 0 Å². The molecule has 2 aromatic rings. The third kappa shape index (κ3) is 1.79. The normalized spacial score (nSPS) is 24.8. The number of ether oxygens (including phenoxy) is 1. The molecule has 0 saturated carbocycles. The van der Waals surface area contributed by atoms with Crippen LogP contribution in [0.5, 0.6) is 0 Å². The van der Waals surface area contributed by atoms with Gasteiger partial charge in [-0.3, -0.25) is 0 Å². The van der Waals surface area contributed by atoms with Gasteiger partial charge in [-0.15, -0.1) is 0 Å². The van der Waals surface area contributed by atoms with Gasteiger partial charge in [-0.25, -0.2) is 0 Å². The maximum Gasteiger partial charge on any atom is 0.0784 e. The Bertz CT molecular complexity index is 593. The highest BCUT2D eigenvalue weighted by Gasteiger charge is 2.35. The molecule has 2 unspecified atom stereocenters. The fraction of sp³-hybridized carbons (Fsp3) is 0.294. The minimum atomic E-state index is 0.360. The van der Waals surface area contributed by atoms with Crippen molar-refractivity contribution in [2.45, 2.75) is 18.6 Å². The topological polar surface area (TPSA) is 21.3 Å². The van der Waals surface area contributed by atoms with Crippen molar-refractivity contribution in [2.75, 3.05) is 13.1 Å². The van der Waals surface area contributed by atoms with Crippen molar-refractivity contribution in [3.8, 4) is 11.1 Å². The Morgan fingerprint density at radius 1 is 0.947 bits per heavy atom. The third-order valence-electron chi connectivity index (χ3n) is 4.30. The number of hydrogen-bond donors (Lipinski definition) is 1. The SMILES string of the molecule is c1ccc(-c2cccc3c2COC2CNCC32)cc1. The first-order valence-electron chi connectivity index (χ1n) is 6.93. The molecule has 2 heteroatoms. The molecule has 2 aliphatic heterocycles. The molecule has 0 amide bonds. The van der Waals surface area contributed by atoms with Crippen molar-refractivity contribution >= 4 is 0 Å². The summed E-state index contributed by atoms with van der Waals surface area (Å²) in [5.74, 6) is 0.521. The summed E-state index contributed by atoms with van der Waals surface area (Å²) in [5.41, 5.74) is 5.46. The van der Waals surface area contributed by atoms with Crippen molar-refractivity contribution in [3.05, 3.63) is 59.7 Å². The van der Waals surface area contributed by atoms with Crippen LogP contribution in [0.4, 0.5) is 0 Å². The summed E-state index contributed by atoms with van der Waals surface area (Å²) in [4.78, 5) is 0. The Morgan fingerprint density at radius 2 is 1.84 bits per heavy atom. The summed E-state index contributed by atoms with van der Waals surface area (Å²) >= 11 is 0. The van der Waals surface area contributed by atoms with Gasteiger partial charge in [0.15, 0.2) is 0 Å². The molecular weight excluding hydrogens is 234 g/mol. The summed E-state index contributed by atoms with van der Waals surface area (Å²) in [6.45, 7) is 2.76. The molecule has 0 radical (unpaired) electrons. The highest BCUT2D eigenvalue weighted by atomic mass is 16.5. The molecule has 96 valence electrons. The quantitative estimate of drug-likeness (QED) is 0.841. The average molecular weight is 251 g/mol. The predicted molar refractivity (Wildman–Crippen MR) is 76.1 cm³/mol. The second-order valence-electron chi connectivity index (χ2n) is 5.35. The van der Waals surface area contributed by atoms with Crippen LogP contribution >= 0.6 is 0 Å². The van der Waals surface area contributed by atoms with Crippen molar-refractivity contribution in [1.82, 2.24) is 5.32 Å². The Morgan fingerprint density at radius 3 is 2.74 bits per heavy atom. The minimum absolute atomic E-state index is 0.360. The van der Waals surface area contributed by atoms with E-state index >= 15 is 0 Å². The van der Waals surface area contributed by atoms with E-state index in [1.807, 2.05) is 0 Å². The third-order valence-corrected chi connectivity index (χ3v) is 4.30. The molecule has 2 atom stereocenters. The van der Waals surface area contributed by atoms with E-state index in [9.17, 15) is 0 Å². The second kappa shape index (κ2) is 4.48. The summed E-state index contributed by atoms with van der Waals surface area (Å²) in [5, 5.41) is 3.44. The molecular formula is C17H17NO. The van der Waals surface area contributed by atoms with Gasteiger partial charge in [-0.1, -0.05) is 48.5 Å². The van der Waals surface area contributed by atoms with Crippen LogP contribution in [0, 0.1) is 0 Å². The molecule has 2 aliphatic rings. The maximum atomic E-state index is 6.03. The zero-order valence-corrected chi connectivity index (χ0v) is 10.8. The molecule has 0 aromatic heterocycles. The molecule has 2 nitrogen and oxygen atoms in total. The molecule has 4 rings (SSSR count). The van der Waals surface area contributed by atoms with Crippen molar-refractivity contribution in [2.24, 2.45) is 0 Å². The first-order chi connectivity index (χ1) is 9.43. The molecule has 0 aliphatic carbocycles. The highest BCUT2D eigenvalue weighted by Crippen LogP contribution is 2.38. The van der Waals surface area contributed by atoms with Crippen molar-refractivity contribution < 1.29 is 4.74 Å². The molecule has 0 spiro atoms. The molecule has 1 saturated heterocycles. The van der Waals surface area contributed by atoms with E-state index in [0.717, 1.165) is 19.7 Å². The minimum Gasteiger partial charge on any atom is -0.371 e. The Hall–Kier alpha value is -1.64. The fourth-order valence-electron chi connectivity index (χ4n) is 3.33. The summed E-state index contributed by atoms with van der Waals surface area (Å²) in [6.07, 6.45) is 0.360. The Kier molecular flexibility index (Phi) is 2.64. The van der Waals surface area contributed by atoms with E-state index in [1.54, 1.807) is 0 Å². The fourth-order valence-corrected chi connectivity index (χ4v) is 3.33. The summed E-state index contributed by atoms with van der Waals surface area (Å²) in [7, 11) is 0. The van der Waals surface area contributed by atoms with Crippen LogP contribution in [-0.4, -0.2) is 19.2 Å². The second-order valence-corrected chi connectivity index (χ2v) is 5.35. The predicted octanol–water partition coefficient (Wildman–Crippen LogP) is 2.94. The van der Waals surface area contributed by atoms with E-state index in [4.69, 9.17) is 4.74 Å². The zero-order chi connectivity index (χ0) is 12.7. The first-order valence-corrected chi connectivity index (χ1v) is 6.93. The number of fused-ring (bicyclic) bond motifs is 3. The van der Waals surface area contributed by atoms with Crippen LogP contribution in [0.3, 0.4) is 0 Å². The summed E-state index contributed by atoms with van der Waals surface area (Å²) in [6, 6.07) is 17.3. The lowest BCUT2D eigenvalue weighted by atomic mass is 9.85. The smallest absolute Gasteiger partial charge is 0.0784 e. The number of nitrogens with one attached hydrogen (secondary N) is 1. The van der Waals surface area contributed by atoms with Crippen LogP contribution in [0.1, 0.15) is 17.0 Å². The lowest BCUT2D eigenvalue weighted by molar-refractivity contribution is 0.0303.